The van der Waals surface area contributed by atoms with E-state index in [4.69, 9.17) is 5.10 Å². The third kappa shape index (κ3) is 1.97. The smallest absolute Gasteiger partial charge is 0.178 e. The summed E-state index contributed by atoms with van der Waals surface area (Å²) in [5, 5.41) is 16.4. The Bertz CT molecular complexity index is 1040. The fraction of sp³-hybridized carbons (Fsp3) is 0.294. The van der Waals surface area contributed by atoms with Crippen LogP contribution in [0.5, 0.6) is 0 Å². The van der Waals surface area contributed by atoms with Crippen LogP contribution in [0.25, 0.3) is 22.1 Å². The Labute approximate surface area is 138 Å². The molecule has 0 aromatic carbocycles. The number of H-pyrrole nitrogens is 1. The second kappa shape index (κ2) is 5.02. The Hall–Kier alpha value is -2.96. The molecule has 0 bridgehead atoms. The fourth-order valence-electron chi connectivity index (χ4n) is 3.20. The standard InChI is InChI=1S/C17H17N7/c1-10-13-8-11(9-19-17(13)24(23-10)12-4-2-5-12)20-16-15-14(21-22-16)6-3-7-18-15/h3,6-9,12H,2,4-5H2,1H3,(H2,20,21,22). The van der Waals surface area contributed by atoms with Gasteiger partial charge in [-0.15, -0.1) is 0 Å². The van der Waals surface area contributed by atoms with Crippen LogP contribution in [-0.4, -0.2) is 29.9 Å². The largest absolute Gasteiger partial charge is 0.336 e. The summed E-state index contributed by atoms with van der Waals surface area (Å²) in [6, 6.07) is 6.43. The van der Waals surface area contributed by atoms with Gasteiger partial charge >= 0.3 is 0 Å². The number of nitrogens with one attached hydrogen (secondary N) is 2. The van der Waals surface area contributed by atoms with E-state index >= 15 is 0 Å². The van der Waals surface area contributed by atoms with Crippen molar-refractivity contribution in [3.05, 3.63) is 36.3 Å². The lowest BCUT2D eigenvalue weighted by atomic mass is 9.93. The summed E-state index contributed by atoms with van der Waals surface area (Å²) in [7, 11) is 0. The third-order valence-corrected chi connectivity index (χ3v) is 4.73. The van der Waals surface area contributed by atoms with Crippen molar-refractivity contribution in [1.82, 2.24) is 29.9 Å². The quantitative estimate of drug-likeness (QED) is 0.604. The summed E-state index contributed by atoms with van der Waals surface area (Å²) in [6.45, 7) is 2.04. The number of pyridine rings is 2. The molecule has 4 heterocycles. The molecule has 1 saturated carbocycles. The monoisotopic (exact) mass is 319 g/mol. The van der Waals surface area contributed by atoms with E-state index in [1.54, 1.807) is 6.20 Å². The van der Waals surface area contributed by atoms with Crippen molar-refractivity contribution >= 4 is 33.6 Å². The van der Waals surface area contributed by atoms with Crippen molar-refractivity contribution in [2.75, 3.05) is 5.32 Å². The number of aryl methyl sites for hydroxylation is 1. The molecule has 2 N–H and O–H groups in total. The van der Waals surface area contributed by atoms with Crippen molar-refractivity contribution in [1.29, 1.82) is 0 Å². The normalized spacial score (nSPS) is 15.0. The third-order valence-electron chi connectivity index (χ3n) is 4.73. The van der Waals surface area contributed by atoms with Gasteiger partial charge in [-0.2, -0.15) is 10.2 Å². The molecule has 0 saturated heterocycles. The van der Waals surface area contributed by atoms with Gasteiger partial charge in [-0.1, -0.05) is 0 Å². The number of anilines is 2. The van der Waals surface area contributed by atoms with Gasteiger partial charge in [0.25, 0.3) is 0 Å². The zero-order valence-electron chi connectivity index (χ0n) is 13.3. The molecule has 0 amide bonds. The van der Waals surface area contributed by atoms with Crippen LogP contribution in [0, 0.1) is 6.92 Å². The van der Waals surface area contributed by atoms with E-state index in [9.17, 15) is 0 Å². The second-order valence-electron chi connectivity index (χ2n) is 6.31. The summed E-state index contributed by atoms with van der Waals surface area (Å²) in [6.07, 6.45) is 7.27. The molecule has 0 atom stereocenters. The minimum Gasteiger partial charge on any atom is -0.336 e. The van der Waals surface area contributed by atoms with Crippen LogP contribution in [0.3, 0.4) is 0 Å². The highest BCUT2D eigenvalue weighted by molar-refractivity contribution is 5.89. The van der Waals surface area contributed by atoms with Crippen LogP contribution < -0.4 is 5.32 Å². The highest BCUT2D eigenvalue weighted by Crippen LogP contribution is 2.34. The van der Waals surface area contributed by atoms with Crippen molar-refractivity contribution < 1.29 is 0 Å². The molecule has 0 radical (unpaired) electrons. The van der Waals surface area contributed by atoms with Crippen LogP contribution in [0.4, 0.5) is 11.5 Å². The number of aromatic amines is 1. The van der Waals surface area contributed by atoms with Gasteiger partial charge in [-0.05, 0) is 44.4 Å². The summed E-state index contributed by atoms with van der Waals surface area (Å²) >= 11 is 0. The summed E-state index contributed by atoms with van der Waals surface area (Å²) in [5.41, 5.74) is 4.59. The predicted octanol–water partition coefficient (Wildman–Crippen LogP) is 3.48. The minimum absolute atomic E-state index is 0.506. The van der Waals surface area contributed by atoms with E-state index in [-0.39, 0.29) is 0 Å². The number of aromatic nitrogens is 6. The zero-order valence-corrected chi connectivity index (χ0v) is 13.3. The van der Waals surface area contributed by atoms with Gasteiger partial charge in [-0.25, -0.2) is 9.67 Å². The number of rotatable bonds is 3. The number of hydrogen-bond acceptors (Lipinski definition) is 5. The molecule has 5 rings (SSSR count). The molecule has 1 fully saturated rings. The van der Waals surface area contributed by atoms with Crippen LogP contribution in [-0.2, 0) is 0 Å². The van der Waals surface area contributed by atoms with Gasteiger partial charge in [0, 0.05) is 11.6 Å². The molecule has 1 aliphatic carbocycles. The number of nitrogens with zero attached hydrogens (tertiary/aromatic N) is 5. The molecule has 120 valence electrons. The first kappa shape index (κ1) is 13.5. The van der Waals surface area contributed by atoms with Gasteiger partial charge in [-0.3, -0.25) is 10.1 Å². The maximum absolute atomic E-state index is 4.69. The first-order chi connectivity index (χ1) is 11.8. The maximum Gasteiger partial charge on any atom is 0.178 e. The van der Waals surface area contributed by atoms with Gasteiger partial charge in [0.05, 0.1) is 29.1 Å². The Morgan fingerprint density at radius 2 is 2.21 bits per heavy atom. The van der Waals surface area contributed by atoms with Gasteiger partial charge < -0.3 is 5.32 Å². The molecule has 0 spiro atoms. The van der Waals surface area contributed by atoms with Crippen molar-refractivity contribution in [2.24, 2.45) is 0 Å². The molecular formula is C17H17N7. The number of fused-ring (bicyclic) bond motifs is 2. The lowest BCUT2D eigenvalue weighted by molar-refractivity contribution is 0.295. The summed E-state index contributed by atoms with van der Waals surface area (Å²) in [4.78, 5) is 9.02. The van der Waals surface area contributed by atoms with E-state index in [2.05, 4.69) is 36.2 Å². The fourth-order valence-corrected chi connectivity index (χ4v) is 3.20. The molecule has 7 nitrogen and oxygen atoms in total. The molecule has 4 aromatic rings. The van der Waals surface area contributed by atoms with Crippen LogP contribution in [0.15, 0.2) is 30.6 Å². The van der Waals surface area contributed by atoms with E-state index in [1.165, 1.54) is 19.3 Å². The molecule has 0 aliphatic heterocycles. The number of hydrogen-bond donors (Lipinski definition) is 2. The molecule has 1 aliphatic rings. The Morgan fingerprint density at radius 3 is 3.04 bits per heavy atom. The van der Waals surface area contributed by atoms with Crippen LogP contribution in [0.1, 0.15) is 31.0 Å². The van der Waals surface area contributed by atoms with Crippen LogP contribution >= 0.6 is 0 Å². The SMILES string of the molecule is Cc1nn(C2CCC2)c2ncc(Nc3n[nH]c4cccnc34)cc12. The Kier molecular flexibility index (Phi) is 2.82. The first-order valence-electron chi connectivity index (χ1n) is 8.20. The minimum atomic E-state index is 0.506. The van der Waals surface area contributed by atoms with Gasteiger partial charge in [0.1, 0.15) is 5.52 Å². The summed E-state index contributed by atoms with van der Waals surface area (Å²) in [5.74, 6) is 0.704. The first-order valence-corrected chi connectivity index (χ1v) is 8.20. The van der Waals surface area contributed by atoms with Crippen molar-refractivity contribution in [2.45, 2.75) is 32.2 Å². The van der Waals surface area contributed by atoms with E-state index in [1.807, 2.05) is 25.3 Å². The molecule has 7 heteroatoms. The maximum atomic E-state index is 4.69. The molecular weight excluding hydrogens is 302 g/mol. The second-order valence-corrected chi connectivity index (χ2v) is 6.31. The highest BCUT2D eigenvalue weighted by Gasteiger charge is 2.23. The average Bonchev–Trinajstić information content (AvgIpc) is 3.09. The molecule has 4 aromatic heterocycles. The Balaban J connectivity index is 1.54. The van der Waals surface area contributed by atoms with Gasteiger partial charge in [0.2, 0.25) is 0 Å². The van der Waals surface area contributed by atoms with Crippen molar-refractivity contribution in [3.8, 4) is 0 Å². The lowest BCUT2D eigenvalue weighted by Crippen LogP contribution is -2.18. The van der Waals surface area contributed by atoms with Crippen molar-refractivity contribution in [3.63, 3.8) is 0 Å². The zero-order chi connectivity index (χ0) is 16.1. The topological polar surface area (TPSA) is 84.3 Å². The van der Waals surface area contributed by atoms with Gasteiger partial charge in [0.15, 0.2) is 11.5 Å². The average molecular weight is 319 g/mol. The molecule has 24 heavy (non-hydrogen) atoms. The summed E-state index contributed by atoms with van der Waals surface area (Å²) < 4.78 is 2.09. The predicted molar refractivity (Wildman–Crippen MR) is 92.3 cm³/mol. The van der Waals surface area contributed by atoms with E-state index in [0.29, 0.717) is 11.9 Å². The van der Waals surface area contributed by atoms with E-state index in [0.717, 1.165) is 33.4 Å². The van der Waals surface area contributed by atoms with Crippen LogP contribution in [0.2, 0.25) is 0 Å². The lowest BCUT2D eigenvalue weighted by Gasteiger charge is -2.25. The van der Waals surface area contributed by atoms with E-state index < -0.39 is 0 Å². The highest BCUT2D eigenvalue weighted by atomic mass is 15.3. The molecule has 0 unspecified atom stereocenters. The Morgan fingerprint density at radius 1 is 1.29 bits per heavy atom.